The number of benzene rings is 2. The number of nitriles is 1. The van der Waals surface area contributed by atoms with Crippen LogP contribution in [0, 0.1) is 17.1 Å². The first-order chi connectivity index (χ1) is 9.60. The fraction of sp³-hybridized carbons (Fsp3) is 0.188. The number of nitrogens with zero attached hydrogens (tertiary/aromatic N) is 1. The number of hydrogen-bond donors (Lipinski definition) is 1. The van der Waals surface area contributed by atoms with Gasteiger partial charge in [0.15, 0.2) is 0 Å². The van der Waals surface area contributed by atoms with Crippen LogP contribution in [0.3, 0.4) is 0 Å². The summed E-state index contributed by atoms with van der Waals surface area (Å²) in [4.78, 5) is 0. The van der Waals surface area contributed by atoms with Gasteiger partial charge in [-0.25, -0.2) is 4.39 Å². The van der Waals surface area contributed by atoms with E-state index in [1.165, 1.54) is 12.1 Å². The van der Waals surface area contributed by atoms with E-state index in [4.69, 9.17) is 5.26 Å². The molecule has 0 spiro atoms. The minimum Gasteiger partial charge on any atom is -0.306 e. The summed E-state index contributed by atoms with van der Waals surface area (Å²) < 4.78 is 14.4. The lowest BCUT2D eigenvalue weighted by molar-refractivity contribution is 0.567. The molecule has 2 nitrogen and oxygen atoms in total. The third kappa shape index (κ3) is 3.66. The van der Waals surface area contributed by atoms with Crippen LogP contribution < -0.4 is 5.32 Å². The lowest BCUT2D eigenvalue weighted by Crippen LogP contribution is -2.18. The highest BCUT2D eigenvalue weighted by atomic mass is 79.9. The Labute approximate surface area is 126 Å². The molecule has 4 heteroatoms. The van der Waals surface area contributed by atoms with Crippen LogP contribution in [-0.4, -0.2) is 0 Å². The van der Waals surface area contributed by atoms with Crippen molar-refractivity contribution in [2.45, 2.75) is 19.5 Å². The van der Waals surface area contributed by atoms with Crippen molar-refractivity contribution in [3.05, 3.63) is 69.4 Å². The van der Waals surface area contributed by atoms with Crippen LogP contribution in [0.15, 0.2) is 46.9 Å². The molecule has 102 valence electrons. The lowest BCUT2D eigenvalue weighted by Gasteiger charge is -2.16. The monoisotopic (exact) mass is 332 g/mol. The molecule has 20 heavy (non-hydrogen) atoms. The van der Waals surface area contributed by atoms with Crippen molar-refractivity contribution in [2.75, 3.05) is 0 Å². The Balaban J connectivity index is 2.08. The molecule has 0 aliphatic rings. The molecular formula is C16H14BrFN2. The Morgan fingerprint density at radius 3 is 2.75 bits per heavy atom. The van der Waals surface area contributed by atoms with Gasteiger partial charge in [-0.05, 0) is 42.3 Å². The summed E-state index contributed by atoms with van der Waals surface area (Å²) in [6.07, 6.45) is 0. The van der Waals surface area contributed by atoms with Gasteiger partial charge in [0.1, 0.15) is 5.82 Å². The maximum Gasteiger partial charge on any atom is 0.124 e. The van der Waals surface area contributed by atoms with Gasteiger partial charge < -0.3 is 5.32 Å². The number of nitrogens with one attached hydrogen (secondary N) is 1. The van der Waals surface area contributed by atoms with E-state index in [-0.39, 0.29) is 11.9 Å². The van der Waals surface area contributed by atoms with Crippen LogP contribution in [-0.2, 0) is 6.54 Å². The number of rotatable bonds is 4. The van der Waals surface area contributed by atoms with E-state index in [1.807, 2.05) is 37.3 Å². The zero-order chi connectivity index (χ0) is 14.5. The van der Waals surface area contributed by atoms with Crippen molar-refractivity contribution in [2.24, 2.45) is 0 Å². The van der Waals surface area contributed by atoms with Crippen LogP contribution in [0.4, 0.5) is 4.39 Å². The lowest BCUT2D eigenvalue weighted by atomic mass is 10.1. The standard InChI is InChI=1S/C16H14BrFN2/c1-11(15-4-2-3-5-16(15)17)20-10-13-6-12(9-19)7-14(18)8-13/h2-8,11,20H,10H2,1H3/t11-/m1/s1. The van der Waals surface area contributed by atoms with Gasteiger partial charge in [-0.15, -0.1) is 0 Å². The zero-order valence-corrected chi connectivity index (χ0v) is 12.6. The summed E-state index contributed by atoms with van der Waals surface area (Å²) >= 11 is 3.51. The van der Waals surface area contributed by atoms with Crippen LogP contribution in [0.5, 0.6) is 0 Å². The van der Waals surface area contributed by atoms with Crippen LogP contribution in [0.25, 0.3) is 0 Å². The summed E-state index contributed by atoms with van der Waals surface area (Å²) in [5.74, 6) is -0.380. The Morgan fingerprint density at radius 1 is 1.30 bits per heavy atom. The predicted octanol–water partition coefficient (Wildman–Crippen LogP) is 4.31. The highest BCUT2D eigenvalue weighted by molar-refractivity contribution is 9.10. The molecule has 0 fully saturated rings. The molecule has 0 unspecified atom stereocenters. The predicted molar refractivity (Wildman–Crippen MR) is 80.5 cm³/mol. The van der Waals surface area contributed by atoms with Crippen molar-refractivity contribution in [1.29, 1.82) is 5.26 Å². The van der Waals surface area contributed by atoms with E-state index >= 15 is 0 Å². The topological polar surface area (TPSA) is 35.8 Å². The first-order valence-corrected chi connectivity index (χ1v) is 7.07. The second-order valence-corrected chi connectivity index (χ2v) is 5.44. The van der Waals surface area contributed by atoms with E-state index in [9.17, 15) is 4.39 Å². The van der Waals surface area contributed by atoms with Crippen LogP contribution >= 0.6 is 15.9 Å². The summed E-state index contributed by atoms with van der Waals surface area (Å²) in [5, 5.41) is 12.2. The van der Waals surface area contributed by atoms with Crippen molar-refractivity contribution < 1.29 is 4.39 Å². The smallest absolute Gasteiger partial charge is 0.124 e. The summed E-state index contributed by atoms with van der Waals surface area (Å²) in [6, 6.07) is 14.4. The average molecular weight is 333 g/mol. The first-order valence-electron chi connectivity index (χ1n) is 6.27. The van der Waals surface area contributed by atoms with Gasteiger partial charge in [-0.2, -0.15) is 5.26 Å². The molecule has 2 aromatic carbocycles. The van der Waals surface area contributed by atoms with E-state index in [0.29, 0.717) is 12.1 Å². The molecule has 1 atom stereocenters. The average Bonchev–Trinajstić information content (AvgIpc) is 2.44. The molecule has 0 aliphatic heterocycles. The molecule has 0 saturated heterocycles. The molecule has 1 N–H and O–H groups in total. The molecule has 0 radical (unpaired) electrons. The van der Waals surface area contributed by atoms with Gasteiger partial charge in [-0.1, -0.05) is 34.1 Å². The Morgan fingerprint density at radius 2 is 2.05 bits per heavy atom. The normalized spacial score (nSPS) is 11.9. The summed E-state index contributed by atoms with van der Waals surface area (Å²) in [6.45, 7) is 2.56. The van der Waals surface area contributed by atoms with Gasteiger partial charge in [0.25, 0.3) is 0 Å². The van der Waals surface area contributed by atoms with Gasteiger partial charge in [0.05, 0.1) is 11.6 Å². The van der Waals surface area contributed by atoms with Crippen molar-refractivity contribution in [3.8, 4) is 6.07 Å². The Hall–Kier alpha value is -1.70. The molecule has 0 aliphatic carbocycles. The molecule has 0 amide bonds. The second-order valence-electron chi connectivity index (χ2n) is 4.58. The number of hydrogen-bond acceptors (Lipinski definition) is 2. The van der Waals surface area contributed by atoms with Gasteiger partial charge >= 0.3 is 0 Å². The SMILES string of the molecule is C[C@@H](NCc1cc(F)cc(C#N)c1)c1ccccc1Br. The first kappa shape index (κ1) is 14.7. The molecule has 0 saturated carbocycles. The molecule has 0 bridgehead atoms. The largest absolute Gasteiger partial charge is 0.306 e. The van der Waals surface area contributed by atoms with Gasteiger partial charge in [0.2, 0.25) is 0 Å². The highest BCUT2D eigenvalue weighted by Gasteiger charge is 2.08. The Kier molecular flexibility index (Phi) is 4.89. The summed E-state index contributed by atoms with van der Waals surface area (Å²) in [5.41, 5.74) is 2.25. The second kappa shape index (κ2) is 6.65. The minimum atomic E-state index is -0.380. The van der Waals surface area contributed by atoms with Crippen LogP contribution in [0.1, 0.15) is 29.7 Å². The molecule has 0 heterocycles. The van der Waals surface area contributed by atoms with Gasteiger partial charge in [-0.3, -0.25) is 0 Å². The molecule has 0 aromatic heterocycles. The third-order valence-corrected chi connectivity index (χ3v) is 3.79. The minimum absolute atomic E-state index is 0.124. The fourth-order valence-electron chi connectivity index (χ4n) is 2.02. The molecule has 2 rings (SSSR count). The Bertz CT molecular complexity index is 649. The van der Waals surface area contributed by atoms with Crippen molar-refractivity contribution in [3.63, 3.8) is 0 Å². The maximum atomic E-state index is 13.3. The highest BCUT2D eigenvalue weighted by Crippen LogP contribution is 2.23. The quantitative estimate of drug-likeness (QED) is 0.905. The van der Waals surface area contributed by atoms with E-state index < -0.39 is 0 Å². The van der Waals surface area contributed by atoms with E-state index in [1.54, 1.807) is 6.07 Å². The summed E-state index contributed by atoms with van der Waals surface area (Å²) in [7, 11) is 0. The van der Waals surface area contributed by atoms with E-state index in [0.717, 1.165) is 15.6 Å². The molecular weight excluding hydrogens is 319 g/mol. The maximum absolute atomic E-state index is 13.3. The fourth-order valence-corrected chi connectivity index (χ4v) is 2.65. The third-order valence-electron chi connectivity index (χ3n) is 3.07. The zero-order valence-electron chi connectivity index (χ0n) is 11.0. The number of halogens is 2. The van der Waals surface area contributed by atoms with E-state index in [2.05, 4.69) is 21.2 Å². The molecule has 2 aromatic rings. The van der Waals surface area contributed by atoms with Crippen molar-refractivity contribution in [1.82, 2.24) is 5.32 Å². The van der Waals surface area contributed by atoms with Gasteiger partial charge in [0, 0.05) is 17.1 Å². The van der Waals surface area contributed by atoms with Crippen LogP contribution in [0.2, 0.25) is 0 Å². The van der Waals surface area contributed by atoms with Crippen molar-refractivity contribution >= 4 is 15.9 Å².